The molecule has 0 saturated heterocycles. The van der Waals surface area contributed by atoms with Gasteiger partial charge in [0.15, 0.2) is 0 Å². The van der Waals surface area contributed by atoms with E-state index in [-0.39, 0.29) is 26.4 Å². The molecule has 0 bridgehead atoms. The van der Waals surface area contributed by atoms with Gasteiger partial charge in [-0.1, -0.05) is 109 Å². The molecule has 0 fully saturated rings. The highest BCUT2D eigenvalue weighted by Crippen LogP contribution is 2.56. The van der Waals surface area contributed by atoms with E-state index in [2.05, 4.69) is 72.8 Å². The summed E-state index contributed by atoms with van der Waals surface area (Å²) in [6.07, 6.45) is -1.57. The van der Waals surface area contributed by atoms with Gasteiger partial charge < -0.3 is 28.4 Å². The summed E-state index contributed by atoms with van der Waals surface area (Å²) in [5, 5.41) is 0. The molecule has 1 aliphatic carbocycles. The first-order valence-electron chi connectivity index (χ1n) is 16.6. The minimum atomic E-state index is -0.783. The van der Waals surface area contributed by atoms with Crippen molar-refractivity contribution >= 4 is 12.3 Å². The second-order valence-corrected chi connectivity index (χ2v) is 11.6. The van der Waals surface area contributed by atoms with Crippen LogP contribution in [0.25, 0.3) is 11.1 Å². The smallest absolute Gasteiger partial charge is 0.490 e. The molecule has 0 heterocycles. The summed E-state index contributed by atoms with van der Waals surface area (Å²) in [5.41, 5.74) is 6.20. The van der Waals surface area contributed by atoms with Crippen LogP contribution in [0, 0.1) is 0 Å². The van der Waals surface area contributed by atoms with E-state index in [1.807, 2.05) is 36.4 Å². The van der Waals surface area contributed by atoms with E-state index in [0.717, 1.165) is 11.1 Å². The van der Waals surface area contributed by atoms with Crippen molar-refractivity contribution in [2.24, 2.45) is 0 Å². The molecule has 51 heavy (non-hydrogen) atoms. The van der Waals surface area contributed by atoms with Gasteiger partial charge in [-0.15, -0.1) is 0 Å². The number of para-hydroxylation sites is 2. The Morgan fingerprint density at radius 3 is 1.18 bits per heavy atom. The largest absolute Gasteiger partial charge is 0.513 e. The van der Waals surface area contributed by atoms with Gasteiger partial charge >= 0.3 is 12.3 Å². The van der Waals surface area contributed by atoms with E-state index in [1.54, 1.807) is 48.5 Å². The van der Waals surface area contributed by atoms with Gasteiger partial charge in [0.1, 0.15) is 49.4 Å². The molecule has 0 spiro atoms. The van der Waals surface area contributed by atoms with Crippen molar-refractivity contribution in [3.63, 3.8) is 0 Å². The Labute approximate surface area is 295 Å². The van der Waals surface area contributed by atoms with Crippen LogP contribution in [-0.2, 0) is 14.9 Å². The fraction of sp³-hybridized carbons (Fsp3) is 0.116. The molecule has 0 radical (unpaired) electrons. The van der Waals surface area contributed by atoms with Crippen molar-refractivity contribution in [3.05, 3.63) is 180 Å². The van der Waals surface area contributed by atoms with E-state index in [1.165, 1.54) is 22.3 Å². The predicted molar refractivity (Wildman–Crippen MR) is 192 cm³/mol. The summed E-state index contributed by atoms with van der Waals surface area (Å²) < 4.78 is 32.5. The highest BCUT2D eigenvalue weighted by molar-refractivity contribution is 5.86. The molecule has 0 atom stereocenters. The number of ether oxygens (including phenoxy) is 6. The average Bonchev–Trinajstić information content (AvgIpc) is 3.47. The molecule has 7 rings (SSSR count). The van der Waals surface area contributed by atoms with Crippen molar-refractivity contribution in [2.45, 2.75) is 5.41 Å². The van der Waals surface area contributed by atoms with E-state index in [0.29, 0.717) is 23.0 Å². The maximum absolute atomic E-state index is 12.0. The maximum atomic E-state index is 12.0. The Hall–Kier alpha value is -6.54. The molecule has 0 unspecified atom stereocenters. The van der Waals surface area contributed by atoms with Gasteiger partial charge in [-0.3, -0.25) is 0 Å². The fourth-order valence-corrected chi connectivity index (χ4v) is 6.42. The van der Waals surface area contributed by atoms with Crippen LogP contribution in [0.3, 0.4) is 0 Å². The Morgan fingerprint density at radius 2 is 0.765 bits per heavy atom. The predicted octanol–water partition coefficient (Wildman–Crippen LogP) is 9.24. The van der Waals surface area contributed by atoms with Crippen LogP contribution < -0.4 is 18.9 Å². The lowest BCUT2D eigenvalue weighted by Gasteiger charge is -2.34. The summed E-state index contributed by atoms with van der Waals surface area (Å²) in [6, 6.07) is 50.5. The summed E-state index contributed by atoms with van der Waals surface area (Å²) >= 11 is 0. The highest BCUT2D eigenvalue weighted by atomic mass is 16.7. The Kier molecular flexibility index (Phi) is 9.92. The second-order valence-electron chi connectivity index (χ2n) is 11.6. The molecule has 6 aromatic rings. The minimum absolute atomic E-state index is 0.0381. The first-order valence-corrected chi connectivity index (χ1v) is 16.6. The zero-order chi connectivity index (χ0) is 34.9. The lowest BCUT2D eigenvalue weighted by Crippen LogP contribution is -2.28. The topological polar surface area (TPSA) is 89.5 Å². The van der Waals surface area contributed by atoms with Gasteiger partial charge in [-0.25, -0.2) is 9.59 Å². The van der Waals surface area contributed by atoms with Gasteiger partial charge in [0.2, 0.25) is 0 Å². The molecule has 0 N–H and O–H groups in total. The number of carbonyl (C=O) groups is 2. The van der Waals surface area contributed by atoms with E-state index in [9.17, 15) is 9.59 Å². The van der Waals surface area contributed by atoms with Crippen molar-refractivity contribution in [1.82, 2.24) is 0 Å². The molecule has 0 aromatic heterocycles. The summed E-state index contributed by atoms with van der Waals surface area (Å²) in [7, 11) is 0. The summed E-state index contributed by atoms with van der Waals surface area (Å²) in [4.78, 5) is 24.0. The monoisotopic (exact) mass is 678 g/mol. The van der Waals surface area contributed by atoms with Gasteiger partial charge in [0.05, 0.1) is 5.41 Å². The van der Waals surface area contributed by atoms with E-state index in [4.69, 9.17) is 28.4 Å². The number of fused-ring (bicyclic) bond motifs is 3. The average molecular weight is 679 g/mol. The van der Waals surface area contributed by atoms with E-state index >= 15 is 0 Å². The first-order chi connectivity index (χ1) is 25.1. The molecule has 0 saturated carbocycles. The second kappa shape index (κ2) is 15.3. The minimum Gasteiger partial charge on any atom is -0.490 e. The fourth-order valence-electron chi connectivity index (χ4n) is 6.42. The first kappa shape index (κ1) is 33.0. The lowest BCUT2D eigenvalue weighted by atomic mass is 9.68. The summed E-state index contributed by atoms with van der Waals surface area (Å²) in [5.74, 6) is 2.12. The zero-order valence-corrected chi connectivity index (χ0v) is 27.6. The highest BCUT2D eigenvalue weighted by Gasteiger charge is 2.45. The van der Waals surface area contributed by atoms with Crippen LogP contribution in [0.5, 0.6) is 23.0 Å². The van der Waals surface area contributed by atoms with Crippen LogP contribution in [0.15, 0.2) is 158 Å². The normalized spacial score (nSPS) is 12.2. The molecular weight excluding hydrogens is 644 g/mol. The number of rotatable bonds is 12. The van der Waals surface area contributed by atoms with Crippen molar-refractivity contribution in [1.29, 1.82) is 0 Å². The summed E-state index contributed by atoms with van der Waals surface area (Å²) in [6.45, 7) is 0.411. The third-order valence-electron chi connectivity index (χ3n) is 8.56. The van der Waals surface area contributed by atoms with Crippen LogP contribution in [0.1, 0.15) is 22.3 Å². The molecule has 6 aromatic carbocycles. The van der Waals surface area contributed by atoms with Crippen LogP contribution in [-0.4, -0.2) is 38.7 Å². The number of hydrogen-bond donors (Lipinski definition) is 0. The standard InChI is InChI=1S/C43H34O8/c44-41(50-35-11-3-1-4-12-35)48-29-27-46-33-23-19-31(20-24-33)43(39-17-9-7-15-37(39)38-16-8-10-18-40(38)43)32-21-25-34(26-22-32)47-28-30-49-42(45)51-36-13-5-2-6-14-36/h1-26H,27-30H2. The third kappa shape index (κ3) is 7.26. The van der Waals surface area contributed by atoms with Crippen LogP contribution >= 0.6 is 0 Å². The van der Waals surface area contributed by atoms with Crippen LogP contribution in [0.2, 0.25) is 0 Å². The van der Waals surface area contributed by atoms with Crippen molar-refractivity contribution < 1.29 is 38.0 Å². The molecule has 0 amide bonds. The molecular formula is C43H34O8. The van der Waals surface area contributed by atoms with Gasteiger partial charge in [-0.2, -0.15) is 0 Å². The molecule has 8 heteroatoms. The molecule has 8 nitrogen and oxygen atoms in total. The van der Waals surface area contributed by atoms with Crippen LogP contribution in [0.4, 0.5) is 9.59 Å². The molecule has 0 aliphatic heterocycles. The Morgan fingerprint density at radius 1 is 0.392 bits per heavy atom. The van der Waals surface area contributed by atoms with Crippen molar-refractivity contribution in [3.8, 4) is 34.1 Å². The quantitative estimate of drug-likeness (QED) is 0.0718. The third-order valence-corrected chi connectivity index (χ3v) is 8.56. The Balaban J connectivity index is 1.06. The molecule has 254 valence electrons. The lowest BCUT2D eigenvalue weighted by molar-refractivity contribution is 0.0840. The van der Waals surface area contributed by atoms with Gasteiger partial charge in [0.25, 0.3) is 0 Å². The SMILES string of the molecule is O=C(OCCOc1ccc(C2(c3ccc(OCCOC(=O)Oc4ccccc4)cc3)c3ccccc3-c3ccccc32)cc1)Oc1ccccc1. The zero-order valence-electron chi connectivity index (χ0n) is 27.6. The number of carbonyl (C=O) groups excluding carboxylic acids is 2. The molecule has 1 aliphatic rings. The Bertz CT molecular complexity index is 1930. The number of hydrogen-bond acceptors (Lipinski definition) is 8. The maximum Gasteiger partial charge on any atom is 0.513 e. The van der Waals surface area contributed by atoms with Gasteiger partial charge in [-0.05, 0) is 81.9 Å². The van der Waals surface area contributed by atoms with E-state index < -0.39 is 17.7 Å². The number of benzene rings is 6. The van der Waals surface area contributed by atoms with Crippen molar-refractivity contribution in [2.75, 3.05) is 26.4 Å². The van der Waals surface area contributed by atoms with Gasteiger partial charge in [0, 0.05) is 0 Å².